The molecule has 6 heteroatoms. The number of aromatic nitrogens is 3. The molecular formula is C18H16FN3O2. The van der Waals surface area contributed by atoms with Crippen molar-refractivity contribution >= 4 is 5.97 Å². The summed E-state index contributed by atoms with van der Waals surface area (Å²) in [6.07, 6.45) is 0. The highest BCUT2D eigenvalue weighted by molar-refractivity contribution is 5.88. The summed E-state index contributed by atoms with van der Waals surface area (Å²) in [6.45, 7) is 3.85. The van der Waals surface area contributed by atoms with Gasteiger partial charge in [-0.05, 0) is 49.2 Å². The molecule has 24 heavy (non-hydrogen) atoms. The normalized spacial score (nSPS) is 10.6. The summed E-state index contributed by atoms with van der Waals surface area (Å²) in [4.78, 5) is 12.3. The summed E-state index contributed by atoms with van der Waals surface area (Å²) in [5.41, 5.74) is 3.30. The first-order valence-electron chi connectivity index (χ1n) is 7.46. The third kappa shape index (κ3) is 3.17. The Morgan fingerprint density at radius 3 is 2.54 bits per heavy atom. The minimum atomic E-state index is -0.538. The van der Waals surface area contributed by atoms with Gasteiger partial charge in [0.05, 0.1) is 11.4 Å². The van der Waals surface area contributed by atoms with E-state index in [9.17, 15) is 9.18 Å². The van der Waals surface area contributed by atoms with Gasteiger partial charge in [0.1, 0.15) is 12.4 Å². The number of aryl methyl sites for hydroxylation is 1. The van der Waals surface area contributed by atoms with Gasteiger partial charge >= 0.3 is 5.97 Å². The third-order valence-electron chi connectivity index (χ3n) is 3.78. The van der Waals surface area contributed by atoms with E-state index < -0.39 is 5.97 Å². The van der Waals surface area contributed by atoms with Crippen LogP contribution in [-0.4, -0.2) is 21.0 Å². The first-order valence-corrected chi connectivity index (χ1v) is 7.46. The Balaban J connectivity index is 1.76. The van der Waals surface area contributed by atoms with Crippen LogP contribution in [-0.2, 0) is 11.3 Å². The van der Waals surface area contributed by atoms with Gasteiger partial charge in [0.2, 0.25) is 0 Å². The second-order valence-electron chi connectivity index (χ2n) is 5.41. The molecule has 0 aliphatic carbocycles. The number of esters is 1. The maximum absolute atomic E-state index is 13.0. The highest BCUT2D eigenvalue weighted by atomic mass is 19.1. The summed E-state index contributed by atoms with van der Waals surface area (Å²) in [5, 5.41) is 7.85. The van der Waals surface area contributed by atoms with E-state index in [0.29, 0.717) is 11.4 Å². The molecule has 5 nitrogen and oxygen atoms in total. The van der Waals surface area contributed by atoms with Crippen molar-refractivity contribution in [2.24, 2.45) is 0 Å². The Kier molecular flexibility index (Phi) is 4.37. The van der Waals surface area contributed by atoms with Gasteiger partial charge < -0.3 is 4.74 Å². The van der Waals surface area contributed by atoms with Crippen molar-refractivity contribution in [1.82, 2.24) is 15.0 Å². The van der Waals surface area contributed by atoms with Crippen molar-refractivity contribution in [3.05, 3.63) is 76.9 Å². The summed E-state index contributed by atoms with van der Waals surface area (Å²) < 4.78 is 19.8. The van der Waals surface area contributed by atoms with Crippen molar-refractivity contribution in [2.45, 2.75) is 20.5 Å². The van der Waals surface area contributed by atoms with Crippen LogP contribution < -0.4 is 0 Å². The maximum Gasteiger partial charge on any atom is 0.361 e. The Hall–Kier alpha value is -3.02. The Morgan fingerprint density at radius 2 is 1.83 bits per heavy atom. The van der Waals surface area contributed by atoms with Crippen LogP contribution in [0.5, 0.6) is 0 Å². The number of ether oxygens (including phenoxy) is 1. The average molecular weight is 325 g/mol. The lowest BCUT2D eigenvalue weighted by Gasteiger charge is -2.07. The fraction of sp³-hybridized carbons (Fsp3) is 0.167. The Morgan fingerprint density at radius 1 is 1.12 bits per heavy atom. The molecule has 0 bridgehead atoms. The molecule has 0 aliphatic heterocycles. The van der Waals surface area contributed by atoms with Crippen molar-refractivity contribution < 1.29 is 13.9 Å². The van der Waals surface area contributed by atoms with E-state index in [1.807, 2.05) is 31.2 Å². The van der Waals surface area contributed by atoms with Crippen LogP contribution in [0, 0.1) is 19.7 Å². The Labute approximate surface area is 138 Å². The molecule has 1 aromatic heterocycles. The SMILES string of the molecule is Cc1ccccc1COC(=O)c1nnn(-c2ccc(F)cc2)c1C. The van der Waals surface area contributed by atoms with E-state index in [1.54, 1.807) is 19.1 Å². The quantitative estimate of drug-likeness (QED) is 0.690. The minimum Gasteiger partial charge on any atom is -0.456 e. The molecule has 0 N–H and O–H groups in total. The van der Waals surface area contributed by atoms with E-state index in [2.05, 4.69) is 10.3 Å². The van der Waals surface area contributed by atoms with Gasteiger partial charge in [-0.2, -0.15) is 0 Å². The largest absolute Gasteiger partial charge is 0.456 e. The fourth-order valence-electron chi connectivity index (χ4n) is 2.33. The third-order valence-corrected chi connectivity index (χ3v) is 3.78. The molecule has 3 rings (SSSR count). The van der Waals surface area contributed by atoms with Crippen LogP contribution in [0.15, 0.2) is 48.5 Å². The minimum absolute atomic E-state index is 0.146. The lowest BCUT2D eigenvalue weighted by atomic mass is 10.1. The second kappa shape index (κ2) is 6.62. The molecule has 0 saturated heterocycles. The van der Waals surface area contributed by atoms with Crippen molar-refractivity contribution in [3.8, 4) is 5.69 Å². The van der Waals surface area contributed by atoms with E-state index in [1.165, 1.54) is 16.8 Å². The topological polar surface area (TPSA) is 57.0 Å². The molecule has 3 aromatic rings. The van der Waals surface area contributed by atoms with Gasteiger partial charge in [-0.25, -0.2) is 13.9 Å². The van der Waals surface area contributed by atoms with Crippen LogP contribution in [0.25, 0.3) is 5.69 Å². The number of benzene rings is 2. The van der Waals surface area contributed by atoms with Gasteiger partial charge in [-0.3, -0.25) is 0 Å². The predicted octanol–water partition coefficient (Wildman–Crippen LogP) is 3.38. The molecule has 0 amide bonds. The van der Waals surface area contributed by atoms with Crippen LogP contribution in [0.3, 0.4) is 0 Å². The lowest BCUT2D eigenvalue weighted by molar-refractivity contribution is 0.0464. The zero-order valence-corrected chi connectivity index (χ0v) is 13.4. The first kappa shape index (κ1) is 15.9. The van der Waals surface area contributed by atoms with Crippen LogP contribution in [0.1, 0.15) is 27.3 Å². The van der Waals surface area contributed by atoms with E-state index >= 15 is 0 Å². The summed E-state index contributed by atoms with van der Waals surface area (Å²) in [6, 6.07) is 13.5. The number of hydrogen-bond acceptors (Lipinski definition) is 4. The van der Waals surface area contributed by atoms with Gasteiger partial charge in [0.25, 0.3) is 0 Å². The molecule has 0 spiro atoms. The van der Waals surface area contributed by atoms with Crippen LogP contribution in [0.2, 0.25) is 0 Å². The monoisotopic (exact) mass is 325 g/mol. The predicted molar refractivity (Wildman–Crippen MR) is 86.4 cm³/mol. The maximum atomic E-state index is 13.0. The fourth-order valence-corrected chi connectivity index (χ4v) is 2.33. The van der Waals surface area contributed by atoms with Crippen molar-refractivity contribution in [1.29, 1.82) is 0 Å². The van der Waals surface area contributed by atoms with Gasteiger partial charge in [-0.1, -0.05) is 29.5 Å². The summed E-state index contributed by atoms with van der Waals surface area (Å²) >= 11 is 0. The summed E-state index contributed by atoms with van der Waals surface area (Å²) in [7, 11) is 0. The lowest BCUT2D eigenvalue weighted by Crippen LogP contribution is -2.09. The molecule has 0 fully saturated rings. The summed E-state index contributed by atoms with van der Waals surface area (Å²) in [5.74, 6) is -0.876. The number of carbonyl (C=O) groups is 1. The molecule has 122 valence electrons. The number of nitrogens with zero attached hydrogens (tertiary/aromatic N) is 3. The standard InChI is InChI=1S/C18H16FN3O2/c1-12-5-3-4-6-14(12)11-24-18(23)17-13(2)22(21-20-17)16-9-7-15(19)8-10-16/h3-10H,11H2,1-2H3. The molecule has 0 aliphatic rings. The first-order chi connectivity index (χ1) is 11.6. The van der Waals surface area contributed by atoms with E-state index in [4.69, 9.17) is 4.74 Å². The smallest absolute Gasteiger partial charge is 0.361 e. The zero-order valence-electron chi connectivity index (χ0n) is 13.4. The number of halogens is 1. The van der Waals surface area contributed by atoms with Crippen molar-refractivity contribution in [3.63, 3.8) is 0 Å². The van der Waals surface area contributed by atoms with E-state index in [-0.39, 0.29) is 18.1 Å². The molecule has 0 atom stereocenters. The molecule has 1 heterocycles. The molecule has 0 saturated carbocycles. The van der Waals surface area contributed by atoms with Crippen LogP contribution >= 0.6 is 0 Å². The number of carbonyl (C=O) groups excluding carboxylic acids is 1. The van der Waals surface area contributed by atoms with Gasteiger partial charge in [-0.15, -0.1) is 5.10 Å². The zero-order chi connectivity index (χ0) is 17.1. The van der Waals surface area contributed by atoms with Gasteiger partial charge in [0.15, 0.2) is 5.69 Å². The molecule has 0 unspecified atom stereocenters. The second-order valence-corrected chi connectivity index (χ2v) is 5.41. The average Bonchev–Trinajstić information content (AvgIpc) is 2.96. The highest BCUT2D eigenvalue weighted by Gasteiger charge is 2.19. The Bertz CT molecular complexity index is 872. The number of hydrogen-bond donors (Lipinski definition) is 0. The van der Waals surface area contributed by atoms with Gasteiger partial charge in [0, 0.05) is 0 Å². The number of rotatable bonds is 4. The highest BCUT2D eigenvalue weighted by Crippen LogP contribution is 2.15. The van der Waals surface area contributed by atoms with E-state index in [0.717, 1.165) is 11.1 Å². The van der Waals surface area contributed by atoms with Crippen molar-refractivity contribution in [2.75, 3.05) is 0 Å². The molecule has 0 radical (unpaired) electrons. The molecule has 2 aromatic carbocycles. The van der Waals surface area contributed by atoms with Crippen LogP contribution in [0.4, 0.5) is 4.39 Å². The molecular weight excluding hydrogens is 309 g/mol.